The molecule has 1 aliphatic rings. The van der Waals surface area contributed by atoms with Crippen LogP contribution in [0.15, 0.2) is 45.5 Å². The van der Waals surface area contributed by atoms with Gasteiger partial charge >= 0.3 is 0 Å². The lowest BCUT2D eigenvalue weighted by molar-refractivity contribution is 0.0912. The van der Waals surface area contributed by atoms with Gasteiger partial charge in [-0.3, -0.25) is 4.79 Å². The number of benzene rings is 1. The van der Waals surface area contributed by atoms with Crippen LogP contribution in [0.5, 0.6) is 0 Å². The molecule has 25 heavy (non-hydrogen) atoms. The zero-order chi connectivity index (χ0) is 17.2. The summed E-state index contributed by atoms with van der Waals surface area (Å²) in [7, 11) is 0. The first-order valence-electron chi connectivity index (χ1n) is 8.27. The van der Waals surface area contributed by atoms with Gasteiger partial charge in [-0.1, -0.05) is 21.1 Å². The van der Waals surface area contributed by atoms with E-state index in [9.17, 15) is 4.79 Å². The minimum absolute atomic E-state index is 0.228. The largest absolute Gasteiger partial charge is 0.350 e. The summed E-state index contributed by atoms with van der Waals surface area (Å²) in [6, 6.07) is 9.76. The molecule has 1 aromatic carbocycles. The average molecular weight is 401 g/mol. The van der Waals surface area contributed by atoms with Crippen molar-refractivity contribution >= 4 is 21.8 Å². The number of halogens is 1. The smallest absolute Gasteiger partial charge is 0.290 e. The van der Waals surface area contributed by atoms with Crippen molar-refractivity contribution in [1.82, 2.24) is 20.3 Å². The highest BCUT2D eigenvalue weighted by Crippen LogP contribution is 2.23. The lowest BCUT2D eigenvalue weighted by atomic mass is 9.96. The van der Waals surface area contributed by atoms with Crippen LogP contribution in [0.3, 0.4) is 0 Å². The average Bonchev–Trinajstić information content (AvgIpc) is 3.27. The maximum atomic E-state index is 12.4. The van der Waals surface area contributed by atoms with Gasteiger partial charge in [0.05, 0.1) is 23.6 Å². The van der Waals surface area contributed by atoms with E-state index >= 15 is 0 Å². The van der Waals surface area contributed by atoms with E-state index in [1.54, 1.807) is 4.68 Å². The third kappa shape index (κ3) is 3.37. The molecule has 0 saturated heterocycles. The lowest BCUT2D eigenvalue weighted by Gasteiger charge is -2.09. The molecule has 4 rings (SSSR count). The SMILES string of the molecule is O=C(NCc1ccn(-c2ccc(Br)cc2)n1)c1onc2c1CCCC2. The molecule has 0 radical (unpaired) electrons. The first kappa shape index (κ1) is 16.1. The monoisotopic (exact) mass is 400 g/mol. The minimum atomic E-state index is -0.228. The highest BCUT2D eigenvalue weighted by molar-refractivity contribution is 9.10. The number of carbonyl (C=O) groups is 1. The number of aromatic nitrogens is 3. The fourth-order valence-electron chi connectivity index (χ4n) is 3.01. The molecule has 0 bridgehead atoms. The van der Waals surface area contributed by atoms with Crippen LogP contribution in [-0.2, 0) is 19.4 Å². The van der Waals surface area contributed by atoms with Crippen LogP contribution in [0.4, 0.5) is 0 Å². The Bertz CT molecular complexity index is 898. The summed E-state index contributed by atoms with van der Waals surface area (Å²) in [5.41, 5.74) is 3.63. The predicted molar refractivity (Wildman–Crippen MR) is 95.6 cm³/mol. The van der Waals surface area contributed by atoms with E-state index in [0.29, 0.717) is 12.3 Å². The van der Waals surface area contributed by atoms with E-state index in [0.717, 1.165) is 52.8 Å². The fraction of sp³-hybridized carbons (Fsp3) is 0.278. The van der Waals surface area contributed by atoms with E-state index in [1.165, 1.54) is 0 Å². The van der Waals surface area contributed by atoms with Crippen molar-refractivity contribution in [2.24, 2.45) is 0 Å². The fourth-order valence-corrected chi connectivity index (χ4v) is 3.28. The number of carbonyl (C=O) groups excluding carboxylic acids is 1. The molecule has 0 unspecified atom stereocenters. The second-order valence-electron chi connectivity index (χ2n) is 6.05. The number of rotatable bonds is 4. The maximum Gasteiger partial charge on any atom is 0.290 e. The summed E-state index contributed by atoms with van der Waals surface area (Å²) in [5.74, 6) is 0.121. The predicted octanol–water partition coefficient (Wildman–Crippen LogP) is 3.43. The van der Waals surface area contributed by atoms with Crippen LogP contribution < -0.4 is 5.32 Å². The summed E-state index contributed by atoms with van der Waals surface area (Å²) in [4.78, 5) is 12.4. The maximum absolute atomic E-state index is 12.4. The molecule has 0 aliphatic heterocycles. The van der Waals surface area contributed by atoms with Crippen LogP contribution >= 0.6 is 15.9 Å². The van der Waals surface area contributed by atoms with Crippen molar-refractivity contribution in [3.63, 3.8) is 0 Å². The van der Waals surface area contributed by atoms with Gasteiger partial charge in [0.1, 0.15) is 0 Å². The van der Waals surface area contributed by atoms with Crippen LogP contribution in [-0.4, -0.2) is 20.8 Å². The first-order chi connectivity index (χ1) is 12.2. The quantitative estimate of drug-likeness (QED) is 0.727. The Labute approximate surface area is 153 Å². The van der Waals surface area contributed by atoms with Gasteiger partial charge in [0.25, 0.3) is 5.91 Å². The molecule has 0 saturated carbocycles. The molecule has 7 heteroatoms. The summed E-state index contributed by atoms with van der Waals surface area (Å²) < 4.78 is 8.06. The Balaban J connectivity index is 1.42. The normalized spacial score (nSPS) is 13.5. The zero-order valence-electron chi connectivity index (χ0n) is 13.5. The third-order valence-electron chi connectivity index (χ3n) is 4.33. The summed E-state index contributed by atoms with van der Waals surface area (Å²) in [6.45, 7) is 0.345. The Morgan fingerprint density at radius 2 is 2.00 bits per heavy atom. The number of nitrogens with one attached hydrogen (secondary N) is 1. The van der Waals surface area contributed by atoms with Gasteiger partial charge in [-0.05, 0) is 56.0 Å². The molecule has 128 valence electrons. The van der Waals surface area contributed by atoms with E-state index in [4.69, 9.17) is 4.52 Å². The Hall–Kier alpha value is -2.41. The molecule has 0 atom stereocenters. The van der Waals surface area contributed by atoms with Crippen molar-refractivity contribution in [3.05, 3.63) is 63.7 Å². The standard InChI is InChI=1S/C18H17BrN4O2/c19-12-5-7-14(8-6-12)23-10-9-13(21-23)11-20-18(24)17-15-3-1-2-4-16(15)22-25-17/h5-10H,1-4,11H2,(H,20,24). The number of aryl methyl sites for hydroxylation is 1. The number of hydrogen-bond acceptors (Lipinski definition) is 4. The Kier molecular flexibility index (Phi) is 4.40. The minimum Gasteiger partial charge on any atom is -0.350 e. The Morgan fingerprint density at radius 1 is 1.20 bits per heavy atom. The lowest BCUT2D eigenvalue weighted by Crippen LogP contribution is -2.24. The van der Waals surface area contributed by atoms with E-state index in [2.05, 4.69) is 31.5 Å². The molecular weight excluding hydrogens is 384 g/mol. The van der Waals surface area contributed by atoms with E-state index in [1.807, 2.05) is 36.5 Å². The molecule has 6 nitrogen and oxygen atoms in total. The number of nitrogens with zero attached hydrogens (tertiary/aromatic N) is 3. The highest BCUT2D eigenvalue weighted by atomic mass is 79.9. The molecule has 1 amide bonds. The van der Waals surface area contributed by atoms with Crippen molar-refractivity contribution in [2.45, 2.75) is 32.2 Å². The zero-order valence-corrected chi connectivity index (χ0v) is 15.1. The first-order valence-corrected chi connectivity index (χ1v) is 9.06. The van der Waals surface area contributed by atoms with Crippen molar-refractivity contribution < 1.29 is 9.32 Å². The molecule has 3 aromatic rings. The van der Waals surface area contributed by atoms with Crippen molar-refractivity contribution in [3.8, 4) is 5.69 Å². The molecule has 0 fully saturated rings. The second-order valence-corrected chi connectivity index (χ2v) is 6.97. The summed E-state index contributed by atoms with van der Waals surface area (Å²) >= 11 is 3.42. The topological polar surface area (TPSA) is 73.0 Å². The molecular formula is C18H17BrN4O2. The van der Waals surface area contributed by atoms with Gasteiger partial charge in [0.2, 0.25) is 5.76 Å². The van der Waals surface area contributed by atoms with Crippen molar-refractivity contribution in [1.29, 1.82) is 0 Å². The van der Waals surface area contributed by atoms with Gasteiger partial charge in [-0.2, -0.15) is 5.10 Å². The Morgan fingerprint density at radius 3 is 2.84 bits per heavy atom. The summed E-state index contributed by atoms with van der Waals surface area (Å²) in [6.07, 6.45) is 5.81. The van der Waals surface area contributed by atoms with Gasteiger partial charge in [-0.15, -0.1) is 0 Å². The van der Waals surface area contributed by atoms with Crippen LogP contribution in [0.2, 0.25) is 0 Å². The van der Waals surface area contributed by atoms with Gasteiger partial charge < -0.3 is 9.84 Å². The molecule has 2 heterocycles. The van der Waals surface area contributed by atoms with Crippen LogP contribution in [0, 0.1) is 0 Å². The van der Waals surface area contributed by atoms with Crippen molar-refractivity contribution in [2.75, 3.05) is 0 Å². The van der Waals surface area contributed by atoms with E-state index in [-0.39, 0.29) is 5.91 Å². The second kappa shape index (κ2) is 6.84. The number of fused-ring (bicyclic) bond motifs is 1. The number of amides is 1. The number of hydrogen-bond donors (Lipinski definition) is 1. The van der Waals surface area contributed by atoms with Gasteiger partial charge in [0.15, 0.2) is 0 Å². The third-order valence-corrected chi connectivity index (χ3v) is 4.86. The highest BCUT2D eigenvalue weighted by Gasteiger charge is 2.24. The molecule has 0 spiro atoms. The summed E-state index contributed by atoms with van der Waals surface area (Å²) in [5, 5.41) is 11.4. The molecule has 2 aromatic heterocycles. The van der Waals surface area contributed by atoms with E-state index < -0.39 is 0 Å². The molecule has 1 aliphatic carbocycles. The van der Waals surface area contributed by atoms with Gasteiger partial charge in [-0.25, -0.2) is 4.68 Å². The van der Waals surface area contributed by atoms with Crippen LogP contribution in [0.1, 0.15) is 40.3 Å². The van der Waals surface area contributed by atoms with Crippen LogP contribution in [0.25, 0.3) is 5.69 Å². The van der Waals surface area contributed by atoms with Gasteiger partial charge in [0, 0.05) is 16.2 Å². The molecule has 1 N–H and O–H groups in total.